The van der Waals surface area contributed by atoms with Gasteiger partial charge in [0.05, 0.1) is 6.10 Å². The lowest BCUT2D eigenvalue weighted by atomic mass is 9.97. The van der Waals surface area contributed by atoms with Crippen LogP contribution in [0.15, 0.2) is 0 Å². The quantitative estimate of drug-likeness (QED) is 0.546. The van der Waals surface area contributed by atoms with Crippen LogP contribution in [0.3, 0.4) is 0 Å². The van der Waals surface area contributed by atoms with Gasteiger partial charge in [0.2, 0.25) is 0 Å². The molecule has 0 aromatic carbocycles. The number of carboxylic acid groups (broad SMARTS) is 1. The zero-order valence-corrected chi connectivity index (χ0v) is 7.04. The fraction of sp³-hybridized carbons (Fsp3) is 0.667. The van der Waals surface area contributed by atoms with E-state index >= 15 is 0 Å². The first kappa shape index (κ1) is 9.08. The Morgan fingerprint density at radius 2 is 2.42 bits per heavy atom. The van der Waals surface area contributed by atoms with Gasteiger partial charge in [-0.3, -0.25) is 0 Å². The van der Waals surface area contributed by atoms with Crippen molar-refractivity contribution in [3.8, 4) is 11.8 Å². The third kappa shape index (κ3) is 2.93. The Kier molecular flexibility index (Phi) is 3.12. The second-order valence-corrected chi connectivity index (χ2v) is 2.98. The lowest BCUT2D eigenvalue weighted by molar-refractivity contribution is -0.130. The van der Waals surface area contributed by atoms with E-state index in [1.807, 2.05) is 6.92 Å². The molecule has 1 rings (SSSR count). The molecule has 1 heterocycles. The normalized spacial score (nSPS) is 28.8. The van der Waals surface area contributed by atoms with E-state index in [2.05, 4.69) is 11.8 Å². The molecule has 3 nitrogen and oxygen atoms in total. The van der Waals surface area contributed by atoms with Crippen molar-refractivity contribution in [1.82, 2.24) is 0 Å². The smallest absolute Gasteiger partial charge is 0.381 e. The minimum absolute atomic E-state index is 0.199. The number of carboxylic acids is 1. The minimum Gasteiger partial charge on any atom is -0.472 e. The SMILES string of the molecule is CC1CC(C#CC(=O)O)CCO1. The van der Waals surface area contributed by atoms with Crippen LogP contribution in [-0.2, 0) is 9.53 Å². The Labute approximate surface area is 71.7 Å². The molecule has 1 fully saturated rings. The second-order valence-electron chi connectivity index (χ2n) is 2.98. The summed E-state index contributed by atoms with van der Waals surface area (Å²) in [5, 5.41) is 8.31. The van der Waals surface area contributed by atoms with Gasteiger partial charge in [-0.15, -0.1) is 0 Å². The Balaban J connectivity index is 2.43. The highest BCUT2D eigenvalue weighted by Gasteiger charge is 2.17. The number of aliphatic carboxylic acids is 1. The van der Waals surface area contributed by atoms with Gasteiger partial charge in [0, 0.05) is 18.4 Å². The molecule has 0 amide bonds. The van der Waals surface area contributed by atoms with E-state index < -0.39 is 5.97 Å². The van der Waals surface area contributed by atoms with Gasteiger partial charge in [0.25, 0.3) is 0 Å². The molecule has 0 bridgehead atoms. The monoisotopic (exact) mass is 168 g/mol. The Morgan fingerprint density at radius 1 is 1.67 bits per heavy atom. The van der Waals surface area contributed by atoms with E-state index in [1.54, 1.807) is 0 Å². The maximum Gasteiger partial charge on any atom is 0.381 e. The van der Waals surface area contributed by atoms with Crippen molar-refractivity contribution in [1.29, 1.82) is 0 Å². The molecule has 0 spiro atoms. The first-order chi connectivity index (χ1) is 5.68. The number of hydrogen-bond donors (Lipinski definition) is 1. The average Bonchev–Trinajstić information content (AvgIpc) is 2.01. The van der Waals surface area contributed by atoms with Crippen LogP contribution in [0, 0.1) is 17.8 Å². The molecule has 1 N–H and O–H groups in total. The highest BCUT2D eigenvalue weighted by molar-refractivity contribution is 5.86. The summed E-state index contributed by atoms with van der Waals surface area (Å²) in [6.07, 6.45) is 1.91. The molecular weight excluding hydrogens is 156 g/mol. The molecule has 0 aromatic rings. The Hall–Kier alpha value is -1.01. The van der Waals surface area contributed by atoms with Crippen LogP contribution >= 0.6 is 0 Å². The molecule has 0 saturated carbocycles. The van der Waals surface area contributed by atoms with Crippen molar-refractivity contribution in [3.05, 3.63) is 0 Å². The summed E-state index contributed by atoms with van der Waals surface area (Å²) in [7, 11) is 0. The van der Waals surface area contributed by atoms with Crippen LogP contribution in [0.5, 0.6) is 0 Å². The maximum atomic E-state index is 10.1. The van der Waals surface area contributed by atoms with Crippen LogP contribution in [0.1, 0.15) is 19.8 Å². The van der Waals surface area contributed by atoms with Crippen LogP contribution in [0.2, 0.25) is 0 Å². The summed E-state index contributed by atoms with van der Waals surface area (Å²) < 4.78 is 5.30. The fourth-order valence-electron chi connectivity index (χ4n) is 1.29. The second kappa shape index (κ2) is 4.13. The predicted molar refractivity (Wildman–Crippen MR) is 43.5 cm³/mol. The van der Waals surface area contributed by atoms with Crippen LogP contribution < -0.4 is 0 Å². The Morgan fingerprint density at radius 3 is 3.00 bits per heavy atom. The highest BCUT2D eigenvalue weighted by atomic mass is 16.5. The van der Waals surface area contributed by atoms with Gasteiger partial charge >= 0.3 is 5.97 Å². The summed E-state index contributed by atoms with van der Waals surface area (Å²) in [5.74, 6) is 4.02. The van der Waals surface area contributed by atoms with E-state index in [4.69, 9.17) is 9.84 Å². The van der Waals surface area contributed by atoms with Gasteiger partial charge < -0.3 is 9.84 Å². The first-order valence-corrected chi connectivity index (χ1v) is 4.04. The number of rotatable bonds is 0. The van der Waals surface area contributed by atoms with Gasteiger partial charge in [-0.2, -0.15) is 0 Å². The molecule has 3 heteroatoms. The molecule has 0 aliphatic carbocycles. The fourth-order valence-corrected chi connectivity index (χ4v) is 1.29. The summed E-state index contributed by atoms with van der Waals surface area (Å²) in [4.78, 5) is 10.1. The molecule has 2 unspecified atom stereocenters. The van der Waals surface area contributed by atoms with Gasteiger partial charge in [-0.05, 0) is 19.8 Å². The molecule has 0 radical (unpaired) electrons. The molecule has 1 aliphatic rings. The van der Waals surface area contributed by atoms with Crippen molar-refractivity contribution in [3.63, 3.8) is 0 Å². The van der Waals surface area contributed by atoms with E-state index in [9.17, 15) is 4.79 Å². The van der Waals surface area contributed by atoms with Gasteiger partial charge in [0.1, 0.15) is 0 Å². The van der Waals surface area contributed by atoms with Crippen molar-refractivity contribution < 1.29 is 14.6 Å². The molecule has 0 aromatic heterocycles. The largest absolute Gasteiger partial charge is 0.472 e. The van der Waals surface area contributed by atoms with Gasteiger partial charge in [-0.25, -0.2) is 4.79 Å². The third-order valence-electron chi connectivity index (χ3n) is 1.87. The topological polar surface area (TPSA) is 46.5 Å². The summed E-state index contributed by atoms with van der Waals surface area (Å²) in [6.45, 7) is 2.68. The maximum absolute atomic E-state index is 10.1. The lowest BCUT2D eigenvalue weighted by Crippen LogP contribution is -2.22. The van der Waals surface area contributed by atoms with Crippen LogP contribution in [-0.4, -0.2) is 23.8 Å². The lowest BCUT2D eigenvalue weighted by Gasteiger charge is -2.23. The van der Waals surface area contributed by atoms with E-state index in [-0.39, 0.29) is 12.0 Å². The molecule has 1 saturated heterocycles. The molecule has 2 atom stereocenters. The summed E-state index contributed by atoms with van der Waals surface area (Å²) >= 11 is 0. The van der Waals surface area contributed by atoms with E-state index in [0.29, 0.717) is 6.61 Å². The van der Waals surface area contributed by atoms with Gasteiger partial charge in [0.15, 0.2) is 0 Å². The van der Waals surface area contributed by atoms with Gasteiger partial charge in [-0.1, -0.05) is 5.92 Å². The van der Waals surface area contributed by atoms with E-state index in [0.717, 1.165) is 12.8 Å². The van der Waals surface area contributed by atoms with Crippen molar-refractivity contribution in [2.24, 2.45) is 5.92 Å². The first-order valence-electron chi connectivity index (χ1n) is 4.04. The standard InChI is InChI=1S/C9H12O3/c1-7-6-8(4-5-12-7)2-3-9(10)11/h7-8H,4-6H2,1H3,(H,10,11). The highest BCUT2D eigenvalue weighted by Crippen LogP contribution is 2.18. The van der Waals surface area contributed by atoms with E-state index in [1.165, 1.54) is 0 Å². The van der Waals surface area contributed by atoms with Crippen molar-refractivity contribution in [2.75, 3.05) is 6.61 Å². The average molecular weight is 168 g/mol. The van der Waals surface area contributed by atoms with Crippen LogP contribution in [0.4, 0.5) is 0 Å². The Bertz CT molecular complexity index is 224. The molecule has 66 valence electrons. The summed E-state index contributed by atoms with van der Waals surface area (Å²) in [5.41, 5.74) is 0. The van der Waals surface area contributed by atoms with Crippen molar-refractivity contribution >= 4 is 5.97 Å². The predicted octanol–water partition coefficient (Wildman–Crippen LogP) is 0.889. The minimum atomic E-state index is -1.05. The molecule has 1 aliphatic heterocycles. The van der Waals surface area contributed by atoms with Crippen molar-refractivity contribution in [2.45, 2.75) is 25.9 Å². The summed E-state index contributed by atoms with van der Waals surface area (Å²) in [6, 6.07) is 0. The number of ether oxygens (including phenoxy) is 1. The number of carbonyl (C=O) groups is 1. The molecule has 12 heavy (non-hydrogen) atoms. The zero-order chi connectivity index (χ0) is 8.97. The van der Waals surface area contributed by atoms with Crippen LogP contribution in [0.25, 0.3) is 0 Å². The molecular formula is C9H12O3. The number of hydrogen-bond acceptors (Lipinski definition) is 2. The zero-order valence-electron chi connectivity index (χ0n) is 7.04. The third-order valence-corrected chi connectivity index (χ3v) is 1.87.